The van der Waals surface area contributed by atoms with Gasteiger partial charge in [0.1, 0.15) is 6.33 Å². The number of anilines is 2. The summed E-state index contributed by atoms with van der Waals surface area (Å²) in [6.07, 6.45) is 6.79. The van der Waals surface area contributed by atoms with Crippen LogP contribution in [0.5, 0.6) is 0 Å². The van der Waals surface area contributed by atoms with Gasteiger partial charge in [-0.1, -0.05) is 25.6 Å². The molecule has 0 radical (unpaired) electrons. The van der Waals surface area contributed by atoms with Crippen molar-refractivity contribution in [1.82, 2.24) is 29.6 Å². The SMILES string of the molecule is C=CC(=O)N1CCCC(c2cc(Nc3nc(C(C)C)no3)c3ncnn3c2)C1. The zero-order chi connectivity index (χ0) is 19.7. The van der Waals surface area contributed by atoms with E-state index in [9.17, 15) is 4.79 Å². The first-order valence-electron chi connectivity index (χ1n) is 9.40. The number of rotatable bonds is 5. The van der Waals surface area contributed by atoms with Gasteiger partial charge >= 0.3 is 6.01 Å². The van der Waals surface area contributed by atoms with Crippen LogP contribution in [0.15, 0.2) is 35.8 Å². The van der Waals surface area contributed by atoms with Crippen molar-refractivity contribution in [3.8, 4) is 0 Å². The van der Waals surface area contributed by atoms with E-state index in [0.717, 1.165) is 30.6 Å². The molecule has 0 aliphatic carbocycles. The summed E-state index contributed by atoms with van der Waals surface area (Å²) in [4.78, 5) is 22.6. The maximum Gasteiger partial charge on any atom is 0.326 e. The number of piperidine rings is 1. The number of hydrogen-bond donors (Lipinski definition) is 1. The smallest absolute Gasteiger partial charge is 0.326 e. The van der Waals surface area contributed by atoms with Crippen LogP contribution in [0.4, 0.5) is 11.7 Å². The molecule has 1 unspecified atom stereocenters. The van der Waals surface area contributed by atoms with Crippen LogP contribution >= 0.6 is 0 Å². The number of nitrogens with one attached hydrogen (secondary N) is 1. The van der Waals surface area contributed by atoms with Gasteiger partial charge in [-0.15, -0.1) is 0 Å². The van der Waals surface area contributed by atoms with Gasteiger partial charge in [0.05, 0.1) is 5.69 Å². The summed E-state index contributed by atoms with van der Waals surface area (Å²) in [5.74, 6) is 0.994. The zero-order valence-corrected chi connectivity index (χ0v) is 16.0. The van der Waals surface area contributed by atoms with E-state index in [1.807, 2.05) is 31.0 Å². The molecule has 0 aromatic carbocycles. The minimum Gasteiger partial charge on any atom is -0.339 e. The number of carbonyl (C=O) groups is 1. The Labute approximate surface area is 162 Å². The van der Waals surface area contributed by atoms with Crippen LogP contribution in [0.25, 0.3) is 5.65 Å². The third-order valence-electron chi connectivity index (χ3n) is 4.98. The van der Waals surface area contributed by atoms with Gasteiger partial charge in [-0.05, 0) is 30.5 Å². The van der Waals surface area contributed by atoms with Crippen molar-refractivity contribution < 1.29 is 9.32 Å². The summed E-state index contributed by atoms with van der Waals surface area (Å²) in [5, 5.41) is 11.4. The fraction of sp³-hybridized carbons (Fsp3) is 0.421. The lowest BCUT2D eigenvalue weighted by Gasteiger charge is -2.32. The summed E-state index contributed by atoms with van der Waals surface area (Å²) in [5.41, 5.74) is 2.48. The molecule has 9 heteroatoms. The molecule has 146 valence electrons. The topological polar surface area (TPSA) is 101 Å². The number of aromatic nitrogens is 5. The number of likely N-dealkylation sites (tertiary alicyclic amines) is 1. The molecule has 1 fully saturated rings. The van der Waals surface area contributed by atoms with Gasteiger partial charge in [0.2, 0.25) is 5.91 Å². The van der Waals surface area contributed by atoms with Crippen molar-refractivity contribution >= 4 is 23.3 Å². The molecule has 1 amide bonds. The second-order valence-electron chi connectivity index (χ2n) is 7.28. The lowest BCUT2D eigenvalue weighted by Crippen LogP contribution is -2.38. The minimum atomic E-state index is -0.0306. The molecule has 0 spiro atoms. The Morgan fingerprint density at radius 2 is 2.32 bits per heavy atom. The highest BCUT2D eigenvalue weighted by Crippen LogP contribution is 2.31. The molecule has 1 saturated heterocycles. The summed E-state index contributed by atoms with van der Waals surface area (Å²) in [6, 6.07) is 2.34. The van der Waals surface area contributed by atoms with E-state index < -0.39 is 0 Å². The second kappa shape index (κ2) is 7.41. The molecule has 4 heterocycles. The van der Waals surface area contributed by atoms with E-state index in [-0.39, 0.29) is 17.7 Å². The van der Waals surface area contributed by atoms with Gasteiger partial charge in [-0.2, -0.15) is 10.1 Å². The molecule has 1 aliphatic heterocycles. The maximum atomic E-state index is 12.0. The molecule has 1 aliphatic rings. The lowest BCUT2D eigenvalue weighted by atomic mass is 9.91. The van der Waals surface area contributed by atoms with Gasteiger partial charge < -0.3 is 14.7 Å². The van der Waals surface area contributed by atoms with E-state index in [1.54, 1.807) is 4.52 Å². The fourth-order valence-electron chi connectivity index (χ4n) is 3.48. The monoisotopic (exact) mass is 381 g/mol. The van der Waals surface area contributed by atoms with Gasteiger partial charge in [0.15, 0.2) is 11.5 Å². The minimum absolute atomic E-state index is 0.0306. The molecule has 3 aromatic heterocycles. The maximum absolute atomic E-state index is 12.0. The predicted octanol–water partition coefficient (Wildman–Crippen LogP) is 2.87. The van der Waals surface area contributed by atoms with Crippen molar-refractivity contribution in [2.24, 2.45) is 0 Å². The largest absolute Gasteiger partial charge is 0.339 e. The number of amides is 1. The van der Waals surface area contributed by atoms with Crippen molar-refractivity contribution in [2.45, 2.75) is 38.5 Å². The highest BCUT2D eigenvalue weighted by molar-refractivity contribution is 5.87. The molecular weight excluding hydrogens is 358 g/mol. The predicted molar refractivity (Wildman–Crippen MR) is 103 cm³/mol. The van der Waals surface area contributed by atoms with Crippen molar-refractivity contribution in [2.75, 3.05) is 18.4 Å². The van der Waals surface area contributed by atoms with E-state index in [2.05, 4.69) is 32.1 Å². The molecule has 3 aromatic rings. The van der Waals surface area contributed by atoms with Crippen LogP contribution in [0, 0.1) is 0 Å². The number of fused-ring (bicyclic) bond motifs is 1. The molecular formula is C19H23N7O2. The summed E-state index contributed by atoms with van der Waals surface area (Å²) >= 11 is 0. The van der Waals surface area contributed by atoms with E-state index in [1.165, 1.54) is 12.4 Å². The first kappa shape index (κ1) is 18.1. The van der Waals surface area contributed by atoms with E-state index in [0.29, 0.717) is 24.0 Å². The van der Waals surface area contributed by atoms with Gasteiger partial charge in [0.25, 0.3) is 0 Å². The normalized spacial score (nSPS) is 17.2. The molecule has 28 heavy (non-hydrogen) atoms. The van der Waals surface area contributed by atoms with Crippen LogP contribution in [0.1, 0.15) is 49.9 Å². The molecule has 4 rings (SSSR count). The van der Waals surface area contributed by atoms with Crippen molar-refractivity contribution in [3.63, 3.8) is 0 Å². The van der Waals surface area contributed by atoms with Crippen molar-refractivity contribution in [1.29, 1.82) is 0 Å². The average molecular weight is 381 g/mol. The lowest BCUT2D eigenvalue weighted by molar-refractivity contribution is -0.127. The molecule has 1 N–H and O–H groups in total. The third-order valence-corrected chi connectivity index (χ3v) is 4.98. The number of nitrogens with zero attached hydrogens (tertiary/aromatic N) is 6. The van der Waals surface area contributed by atoms with Crippen LogP contribution in [-0.4, -0.2) is 48.6 Å². The number of carbonyl (C=O) groups excluding carboxylic acids is 1. The standard InChI is InChI=1S/C19H23N7O2/c1-4-16(27)25-7-5-6-13(9-25)14-8-15(18-20-11-21-26(18)10-14)22-19-23-17(12(2)3)24-28-19/h4,8,10-13H,1,5-7,9H2,2-3H3,(H,22,23,24). The first-order valence-corrected chi connectivity index (χ1v) is 9.40. The summed E-state index contributed by atoms with van der Waals surface area (Å²) in [7, 11) is 0. The van der Waals surface area contributed by atoms with Gasteiger partial charge in [0, 0.05) is 31.1 Å². The molecule has 0 bridgehead atoms. The number of pyridine rings is 1. The Bertz CT molecular complexity index is 1010. The van der Waals surface area contributed by atoms with Crippen LogP contribution in [0.2, 0.25) is 0 Å². The van der Waals surface area contributed by atoms with Crippen LogP contribution in [-0.2, 0) is 4.79 Å². The fourth-order valence-corrected chi connectivity index (χ4v) is 3.48. The number of hydrogen-bond acceptors (Lipinski definition) is 7. The summed E-state index contributed by atoms with van der Waals surface area (Å²) < 4.78 is 7.04. The Hall–Kier alpha value is -3.23. The first-order chi connectivity index (χ1) is 13.5. The Balaban J connectivity index is 1.64. The molecule has 0 saturated carbocycles. The highest BCUT2D eigenvalue weighted by Gasteiger charge is 2.25. The second-order valence-corrected chi connectivity index (χ2v) is 7.28. The van der Waals surface area contributed by atoms with Gasteiger partial charge in [-0.3, -0.25) is 4.79 Å². The van der Waals surface area contributed by atoms with E-state index >= 15 is 0 Å². The zero-order valence-electron chi connectivity index (χ0n) is 16.0. The van der Waals surface area contributed by atoms with Crippen molar-refractivity contribution in [3.05, 3.63) is 42.6 Å². The van der Waals surface area contributed by atoms with Crippen LogP contribution in [0.3, 0.4) is 0 Å². The molecule has 9 nitrogen and oxygen atoms in total. The summed E-state index contributed by atoms with van der Waals surface area (Å²) in [6.45, 7) is 9.02. The third kappa shape index (κ3) is 3.47. The molecule has 1 atom stereocenters. The quantitative estimate of drug-likeness (QED) is 0.678. The average Bonchev–Trinajstić information content (AvgIpc) is 3.37. The Kier molecular flexibility index (Phi) is 4.81. The Morgan fingerprint density at radius 1 is 1.46 bits per heavy atom. The van der Waals surface area contributed by atoms with Gasteiger partial charge in [-0.25, -0.2) is 9.50 Å². The van der Waals surface area contributed by atoms with E-state index in [4.69, 9.17) is 4.52 Å². The van der Waals surface area contributed by atoms with Crippen LogP contribution < -0.4 is 5.32 Å². The highest BCUT2D eigenvalue weighted by atomic mass is 16.5. The Morgan fingerprint density at radius 3 is 3.07 bits per heavy atom.